The average Bonchev–Trinajstić information content (AvgIpc) is 3.41. The maximum absolute atomic E-state index is 13.4. The molecule has 1 saturated carbocycles. The lowest BCUT2D eigenvalue weighted by atomic mass is 10.0. The number of alkyl halides is 2. The number of carbonyl (C=O) groups is 2. The second-order valence-electron chi connectivity index (χ2n) is 8.54. The monoisotopic (exact) mass is 442 g/mol. The Kier molecular flexibility index (Phi) is 4.72. The number of halogens is 3. The zero-order valence-electron chi connectivity index (χ0n) is 17.3. The predicted molar refractivity (Wildman–Crippen MR) is 112 cm³/mol. The van der Waals surface area contributed by atoms with Gasteiger partial charge in [0.05, 0.1) is 29.5 Å². The quantitative estimate of drug-likeness (QED) is 0.653. The summed E-state index contributed by atoms with van der Waals surface area (Å²) >= 11 is 0. The number of carbonyl (C=O) groups excluding carboxylic acids is 2. The molecule has 1 aliphatic carbocycles. The zero-order chi connectivity index (χ0) is 22.6. The summed E-state index contributed by atoms with van der Waals surface area (Å²) in [5.41, 5.74) is 2.12. The molecule has 0 radical (unpaired) electrons. The van der Waals surface area contributed by atoms with E-state index in [1.165, 1.54) is 12.1 Å². The van der Waals surface area contributed by atoms with Crippen molar-refractivity contribution in [2.45, 2.75) is 44.2 Å². The van der Waals surface area contributed by atoms with E-state index in [1.54, 1.807) is 34.0 Å². The van der Waals surface area contributed by atoms with Crippen molar-refractivity contribution in [3.8, 4) is 5.69 Å². The minimum absolute atomic E-state index is 0.0180. The van der Waals surface area contributed by atoms with Crippen LogP contribution in [0.2, 0.25) is 0 Å². The van der Waals surface area contributed by atoms with Crippen LogP contribution in [0, 0.1) is 11.7 Å². The molecule has 2 fully saturated rings. The van der Waals surface area contributed by atoms with E-state index in [0.717, 1.165) is 23.7 Å². The number of benzene rings is 2. The lowest BCUT2D eigenvalue weighted by Crippen LogP contribution is -2.50. The molecule has 2 amide bonds. The Bertz CT molecular complexity index is 1200. The second-order valence-corrected chi connectivity index (χ2v) is 8.54. The summed E-state index contributed by atoms with van der Waals surface area (Å²) in [6, 6.07) is 10.4. The summed E-state index contributed by atoms with van der Waals surface area (Å²) in [6.07, 6.45) is 3.41. The Morgan fingerprint density at radius 1 is 1.12 bits per heavy atom. The molecule has 2 aliphatic rings. The van der Waals surface area contributed by atoms with Gasteiger partial charge in [0.25, 0.3) is 5.91 Å². The van der Waals surface area contributed by atoms with E-state index >= 15 is 0 Å². The highest BCUT2D eigenvalue weighted by atomic mass is 19.3. The molecule has 1 N–H and O–H groups in total. The molecular weight excluding hydrogens is 421 g/mol. The van der Waals surface area contributed by atoms with Crippen molar-refractivity contribution in [2.24, 2.45) is 5.92 Å². The van der Waals surface area contributed by atoms with Crippen LogP contribution in [0.4, 0.5) is 18.9 Å². The first-order chi connectivity index (χ1) is 15.2. The van der Waals surface area contributed by atoms with Gasteiger partial charge in [-0.2, -0.15) is 13.9 Å². The highest BCUT2D eigenvalue weighted by molar-refractivity contribution is 6.00. The van der Waals surface area contributed by atoms with Gasteiger partial charge in [0.1, 0.15) is 5.82 Å². The van der Waals surface area contributed by atoms with E-state index in [0.29, 0.717) is 18.3 Å². The van der Waals surface area contributed by atoms with Gasteiger partial charge >= 0.3 is 5.92 Å². The van der Waals surface area contributed by atoms with Gasteiger partial charge in [-0.1, -0.05) is 0 Å². The molecule has 1 saturated heterocycles. The standard InChI is InChI=1S/C23H21F3N4O2/c1-23(25,26)22(32)28-18-11-20(31)29(21(18)13-2-3-13)17-8-9-19-14(10-17)12-27-30(19)16-6-4-15(24)5-7-16/h4-10,12-13,18,21H,2-3,11H2,1H3,(H,28,32)/t18-,21+/m1/s1. The van der Waals surface area contributed by atoms with Crippen LogP contribution in [-0.4, -0.2) is 39.6 Å². The molecule has 0 bridgehead atoms. The van der Waals surface area contributed by atoms with Crippen LogP contribution >= 0.6 is 0 Å². The average molecular weight is 442 g/mol. The van der Waals surface area contributed by atoms with Gasteiger partial charge in [0.2, 0.25) is 5.91 Å². The largest absolute Gasteiger partial charge is 0.346 e. The Morgan fingerprint density at radius 3 is 2.47 bits per heavy atom. The van der Waals surface area contributed by atoms with E-state index in [9.17, 15) is 22.8 Å². The molecule has 2 atom stereocenters. The van der Waals surface area contributed by atoms with Crippen LogP contribution in [0.5, 0.6) is 0 Å². The highest BCUT2D eigenvalue weighted by Gasteiger charge is 2.50. The minimum Gasteiger partial charge on any atom is -0.346 e. The molecule has 5 rings (SSSR count). The topological polar surface area (TPSA) is 67.2 Å². The number of hydrogen-bond donors (Lipinski definition) is 1. The van der Waals surface area contributed by atoms with Crippen LogP contribution in [-0.2, 0) is 9.59 Å². The number of nitrogens with zero attached hydrogens (tertiary/aromatic N) is 3. The van der Waals surface area contributed by atoms with E-state index in [1.807, 2.05) is 12.1 Å². The third kappa shape index (κ3) is 3.61. The summed E-state index contributed by atoms with van der Waals surface area (Å²) in [5, 5.41) is 7.55. The van der Waals surface area contributed by atoms with Crippen LogP contribution in [0.25, 0.3) is 16.6 Å². The number of rotatable bonds is 5. The van der Waals surface area contributed by atoms with Crippen LogP contribution in [0.3, 0.4) is 0 Å². The van der Waals surface area contributed by atoms with Gasteiger partial charge in [-0.05, 0) is 61.2 Å². The summed E-state index contributed by atoms with van der Waals surface area (Å²) in [5.74, 6) is -5.25. The number of amides is 2. The molecule has 3 aromatic rings. The Hall–Kier alpha value is -3.36. The zero-order valence-corrected chi connectivity index (χ0v) is 17.3. The van der Waals surface area contributed by atoms with Gasteiger partial charge in [-0.25, -0.2) is 9.07 Å². The molecule has 9 heteroatoms. The lowest BCUT2D eigenvalue weighted by molar-refractivity contribution is -0.143. The van der Waals surface area contributed by atoms with E-state index in [-0.39, 0.29) is 30.1 Å². The fourth-order valence-corrected chi connectivity index (χ4v) is 4.44. The first-order valence-corrected chi connectivity index (χ1v) is 10.5. The lowest BCUT2D eigenvalue weighted by Gasteiger charge is -2.29. The number of fused-ring (bicyclic) bond motifs is 1. The summed E-state index contributed by atoms with van der Waals surface area (Å²) < 4.78 is 41.8. The van der Waals surface area contributed by atoms with Gasteiger partial charge in [-0.3, -0.25) is 9.59 Å². The highest BCUT2D eigenvalue weighted by Crippen LogP contribution is 2.43. The van der Waals surface area contributed by atoms with Crippen molar-refractivity contribution in [2.75, 3.05) is 4.90 Å². The molecule has 32 heavy (non-hydrogen) atoms. The number of anilines is 1. The molecule has 6 nitrogen and oxygen atoms in total. The molecule has 0 spiro atoms. The van der Waals surface area contributed by atoms with Gasteiger partial charge < -0.3 is 10.2 Å². The summed E-state index contributed by atoms with van der Waals surface area (Å²) in [7, 11) is 0. The smallest absolute Gasteiger partial charge is 0.321 e. The number of hydrogen-bond acceptors (Lipinski definition) is 3. The van der Waals surface area contributed by atoms with Crippen molar-refractivity contribution in [3.05, 3.63) is 54.5 Å². The Balaban J connectivity index is 1.46. The molecule has 0 unspecified atom stereocenters. The molecule has 2 aromatic carbocycles. The van der Waals surface area contributed by atoms with Crippen LogP contribution in [0.15, 0.2) is 48.7 Å². The van der Waals surface area contributed by atoms with Crippen molar-refractivity contribution in [1.82, 2.24) is 15.1 Å². The van der Waals surface area contributed by atoms with Crippen molar-refractivity contribution in [3.63, 3.8) is 0 Å². The second kappa shape index (κ2) is 7.36. The van der Waals surface area contributed by atoms with E-state index in [2.05, 4.69) is 10.4 Å². The molecule has 166 valence electrons. The van der Waals surface area contributed by atoms with E-state index < -0.39 is 17.9 Å². The molecule has 1 aromatic heterocycles. The summed E-state index contributed by atoms with van der Waals surface area (Å²) in [4.78, 5) is 26.4. The molecule has 1 aliphatic heterocycles. The first kappa shape index (κ1) is 20.5. The maximum Gasteiger partial charge on any atom is 0.321 e. The maximum atomic E-state index is 13.4. The SMILES string of the molecule is CC(F)(F)C(=O)N[C@@H]1CC(=O)N(c2ccc3c(cnn3-c3ccc(F)cc3)c2)[C@H]1C1CC1. The number of aromatic nitrogens is 2. The predicted octanol–water partition coefficient (Wildman–Crippen LogP) is 3.82. The van der Waals surface area contributed by atoms with Crippen LogP contribution < -0.4 is 10.2 Å². The fourth-order valence-electron chi connectivity index (χ4n) is 4.44. The molecular formula is C23H21F3N4O2. The van der Waals surface area contributed by atoms with Gasteiger partial charge in [0.15, 0.2) is 0 Å². The minimum atomic E-state index is -3.50. The van der Waals surface area contributed by atoms with Crippen molar-refractivity contribution >= 4 is 28.4 Å². The van der Waals surface area contributed by atoms with Gasteiger partial charge in [-0.15, -0.1) is 0 Å². The van der Waals surface area contributed by atoms with Crippen molar-refractivity contribution < 1.29 is 22.8 Å². The first-order valence-electron chi connectivity index (χ1n) is 10.5. The summed E-state index contributed by atoms with van der Waals surface area (Å²) in [6.45, 7) is 0.551. The normalized spacial score (nSPS) is 21.4. The van der Waals surface area contributed by atoms with Crippen molar-refractivity contribution in [1.29, 1.82) is 0 Å². The Morgan fingerprint density at radius 2 is 1.81 bits per heavy atom. The Labute approximate surface area is 182 Å². The van der Waals surface area contributed by atoms with Crippen LogP contribution in [0.1, 0.15) is 26.2 Å². The van der Waals surface area contributed by atoms with E-state index in [4.69, 9.17) is 0 Å². The van der Waals surface area contributed by atoms with Gasteiger partial charge in [0, 0.05) is 24.4 Å². The molecule has 2 heterocycles. The third-order valence-corrected chi connectivity index (χ3v) is 6.09. The third-order valence-electron chi connectivity index (χ3n) is 6.09. The number of nitrogens with one attached hydrogen (secondary N) is 1. The fraction of sp³-hybridized carbons (Fsp3) is 0.348.